The lowest BCUT2D eigenvalue weighted by Crippen LogP contribution is -2.46. The highest BCUT2D eigenvalue weighted by Crippen LogP contribution is 2.24. The number of hydrogen-bond donors (Lipinski definition) is 1. The SMILES string of the molecule is O[C@@H]1CCCC[C@H]1N1CCCN(Cc2ccccc2)CC1. The highest BCUT2D eigenvalue weighted by molar-refractivity contribution is 5.14. The maximum absolute atomic E-state index is 10.3. The molecule has 0 radical (unpaired) electrons. The number of aliphatic hydroxyl groups excluding tert-OH is 1. The van der Waals surface area contributed by atoms with Crippen molar-refractivity contribution in [1.82, 2.24) is 9.80 Å². The van der Waals surface area contributed by atoms with Crippen LogP contribution in [0.2, 0.25) is 0 Å². The van der Waals surface area contributed by atoms with Crippen molar-refractivity contribution in [3.63, 3.8) is 0 Å². The molecule has 2 fully saturated rings. The van der Waals surface area contributed by atoms with E-state index in [0.717, 1.165) is 32.6 Å². The molecule has 3 heteroatoms. The summed E-state index contributed by atoms with van der Waals surface area (Å²) in [5, 5.41) is 10.3. The standard InChI is InChI=1S/C18H28N2O/c21-18-10-5-4-9-17(18)20-12-6-11-19(13-14-20)15-16-7-2-1-3-8-16/h1-3,7-8,17-18,21H,4-6,9-15H2/t17-,18-/m1/s1. The van der Waals surface area contributed by atoms with Gasteiger partial charge in [0.25, 0.3) is 0 Å². The molecule has 2 aliphatic rings. The van der Waals surface area contributed by atoms with E-state index in [1.54, 1.807) is 0 Å². The van der Waals surface area contributed by atoms with Crippen LogP contribution in [-0.2, 0) is 6.54 Å². The maximum atomic E-state index is 10.3. The number of benzene rings is 1. The molecule has 0 spiro atoms. The van der Waals surface area contributed by atoms with Gasteiger partial charge >= 0.3 is 0 Å². The number of hydrogen-bond acceptors (Lipinski definition) is 3. The Balaban J connectivity index is 1.54. The zero-order valence-corrected chi connectivity index (χ0v) is 13.0. The molecule has 0 aromatic heterocycles. The van der Waals surface area contributed by atoms with Crippen molar-refractivity contribution in [2.75, 3.05) is 26.2 Å². The van der Waals surface area contributed by atoms with E-state index >= 15 is 0 Å². The van der Waals surface area contributed by atoms with Crippen LogP contribution < -0.4 is 0 Å². The number of nitrogens with zero attached hydrogens (tertiary/aromatic N) is 2. The minimum Gasteiger partial charge on any atom is -0.391 e. The van der Waals surface area contributed by atoms with Gasteiger partial charge in [-0.05, 0) is 37.9 Å². The fourth-order valence-corrected chi connectivity index (χ4v) is 3.84. The first-order valence-corrected chi connectivity index (χ1v) is 8.51. The van der Waals surface area contributed by atoms with Crippen LogP contribution >= 0.6 is 0 Å². The zero-order valence-electron chi connectivity index (χ0n) is 13.0. The van der Waals surface area contributed by atoms with Gasteiger partial charge in [-0.2, -0.15) is 0 Å². The molecule has 1 aliphatic carbocycles. The molecule has 3 rings (SSSR count). The van der Waals surface area contributed by atoms with Crippen LogP contribution in [-0.4, -0.2) is 53.2 Å². The van der Waals surface area contributed by atoms with Crippen molar-refractivity contribution in [2.24, 2.45) is 0 Å². The molecular formula is C18H28N2O. The summed E-state index contributed by atoms with van der Waals surface area (Å²) in [7, 11) is 0. The van der Waals surface area contributed by atoms with E-state index in [1.807, 2.05) is 0 Å². The van der Waals surface area contributed by atoms with Crippen LogP contribution in [0.15, 0.2) is 30.3 Å². The van der Waals surface area contributed by atoms with E-state index in [4.69, 9.17) is 0 Å². The Kier molecular flexibility index (Phi) is 5.28. The van der Waals surface area contributed by atoms with Crippen molar-refractivity contribution in [3.8, 4) is 0 Å². The topological polar surface area (TPSA) is 26.7 Å². The van der Waals surface area contributed by atoms with Gasteiger partial charge in [0.05, 0.1) is 6.10 Å². The Hall–Kier alpha value is -0.900. The summed E-state index contributed by atoms with van der Waals surface area (Å²) < 4.78 is 0. The van der Waals surface area contributed by atoms with Gasteiger partial charge in [0, 0.05) is 25.7 Å². The fraction of sp³-hybridized carbons (Fsp3) is 0.667. The average molecular weight is 288 g/mol. The van der Waals surface area contributed by atoms with Crippen molar-refractivity contribution < 1.29 is 5.11 Å². The van der Waals surface area contributed by atoms with E-state index < -0.39 is 0 Å². The van der Waals surface area contributed by atoms with E-state index in [-0.39, 0.29) is 6.10 Å². The van der Waals surface area contributed by atoms with Crippen molar-refractivity contribution >= 4 is 0 Å². The first-order chi connectivity index (χ1) is 10.3. The minimum absolute atomic E-state index is 0.0978. The molecule has 2 atom stereocenters. The lowest BCUT2D eigenvalue weighted by Gasteiger charge is -2.37. The van der Waals surface area contributed by atoms with Crippen LogP contribution in [0.25, 0.3) is 0 Å². The Morgan fingerprint density at radius 1 is 0.905 bits per heavy atom. The summed E-state index contributed by atoms with van der Waals surface area (Å²) in [5.41, 5.74) is 1.41. The molecule has 21 heavy (non-hydrogen) atoms. The van der Waals surface area contributed by atoms with Crippen LogP contribution in [0.1, 0.15) is 37.7 Å². The Labute approximate surface area is 128 Å². The average Bonchev–Trinajstić information content (AvgIpc) is 2.74. The molecule has 0 unspecified atom stereocenters. The first kappa shape index (κ1) is 15.0. The molecule has 1 N–H and O–H groups in total. The second-order valence-electron chi connectivity index (χ2n) is 6.57. The Bertz CT molecular complexity index is 422. The Morgan fingerprint density at radius 3 is 2.52 bits per heavy atom. The first-order valence-electron chi connectivity index (χ1n) is 8.51. The van der Waals surface area contributed by atoms with E-state index in [9.17, 15) is 5.11 Å². The molecule has 116 valence electrons. The lowest BCUT2D eigenvalue weighted by atomic mass is 9.91. The van der Waals surface area contributed by atoms with Gasteiger partial charge in [-0.25, -0.2) is 0 Å². The summed E-state index contributed by atoms with van der Waals surface area (Å²) in [6.07, 6.45) is 5.78. The molecule has 1 saturated heterocycles. The third kappa shape index (κ3) is 4.06. The maximum Gasteiger partial charge on any atom is 0.0695 e. The van der Waals surface area contributed by atoms with Gasteiger partial charge in [-0.3, -0.25) is 9.80 Å². The number of rotatable bonds is 3. The normalized spacial score (nSPS) is 29.2. The lowest BCUT2D eigenvalue weighted by molar-refractivity contribution is 0.0215. The van der Waals surface area contributed by atoms with Gasteiger partial charge in [-0.15, -0.1) is 0 Å². The second-order valence-corrected chi connectivity index (χ2v) is 6.57. The highest BCUT2D eigenvalue weighted by atomic mass is 16.3. The van der Waals surface area contributed by atoms with Crippen molar-refractivity contribution in [3.05, 3.63) is 35.9 Å². The van der Waals surface area contributed by atoms with Crippen molar-refractivity contribution in [2.45, 2.75) is 50.8 Å². The fourth-order valence-electron chi connectivity index (χ4n) is 3.84. The largest absolute Gasteiger partial charge is 0.391 e. The highest BCUT2D eigenvalue weighted by Gasteiger charge is 2.29. The van der Waals surface area contributed by atoms with Crippen LogP contribution in [0.3, 0.4) is 0 Å². The van der Waals surface area contributed by atoms with E-state index in [2.05, 4.69) is 40.1 Å². The third-order valence-corrected chi connectivity index (χ3v) is 5.04. The molecule has 1 heterocycles. The quantitative estimate of drug-likeness (QED) is 0.926. The van der Waals surface area contributed by atoms with Crippen LogP contribution in [0, 0.1) is 0 Å². The summed E-state index contributed by atoms with van der Waals surface area (Å²) in [6.45, 7) is 5.61. The molecule has 0 amide bonds. The second kappa shape index (κ2) is 7.39. The Morgan fingerprint density at radius 2 is 1.71 bits per heavy atom. The van der Waals surface area contributed by atoms with Gasteiger partial charge in [0.15, 0.2) is 0 Å². The number of aliphatic hydroxyl groups is 1. The zero-order chi connectivity index (χ0) is 14.5. The molecule has 3 nitrogen and oxygen atoms in total. The molecule has 1 aromatic carbocycles. The van der Waals surface area contributed by atoms with Gasteiger partial charge < -0.3 is 5.11 Å². The van der Waals surface area contributed by atoms with E-state index in [1.165, 1.54) is 37.8 Å². The van der Waals surface area contributed by atoms with Crippen LogP contribution in [0.5, 0.6) is 0 Å². The molecule has 1 aliphatic heterocycles. The van der Waals surface area contributed by atoms with Crippen LogP contribution in [0.4, 0.5) is 0 Å². The summed E-state index contributed by atoms with van der Waals surface area (Å²) >= 11 is 0. The molecular weight excluding hydrogens is 260 g/mol. The summed E-state index contributed by atoms with van der Waals surface area (Å²) in [6, 6.07) is 11.2. The predicted molar refractivity (Wildman–Crippen MR) is 86.2 cm³/mol. The van der Waals surface area contributed by atoms with Crippen molar-refractivity contribution in [1.29, 1.82) is 0 Å². The monoisotopic (exact) mass is 288 g/mol. The summed E-state index contributed by atoms with van der Waals surface area (Å²) in [5.74, 6) is 0. The summed E-state index contributed by atoms with van der Waals surface area (Å²) in [4.78, 5) is 5.11. The predicted octanol–water partition coefficient (Wildman–Crippen LogP) is 2.50. The third-order valence-electron chi connectivity index (χ3n) is 5.04. The molecule has 1 aromatic rings. The van der Waals surface area contributed by atoms with Gasteiger partial charge in [0.2, 0.25) is 0 Å². The molecule has 1 saturated carbocycles. The minimum atomic E-state index is -0.0978. The van der Waals surface area contributed by atoms with E-state index in [0.29, 0.717) is 6.04 Å². The smallest absolute Gasteiger partial charge is 0.0695 e. The molecule has 0 bridgehead atoms. The van der Waals surface area contributed by atoms with Gasteiger partial charge in [-0.1, -0.05) is 43.2 Å². The van der Waals surface area contributed by atoms with Gasteiger partial charge in [0.1, 0.15) is 0 Å².